The molecule has 0 aliphatic heterocycles. The Morgan fingerprint density at radius 2 is 1.77 bits per heavy atom. The van der Waals surface area contributed by atoms with Crippen molar-refractivity contribution < 1.29 is 4.79 Å². The normalized spacial score (nSPS) is 17.6. The second-order valence-electron chi connectivity index (χ2n) is 7.81. The number of carbonyl (C=O) groups is 1. The lowest BCUT2D eigenvalue weighted by Crippen LogP contribution is -2.15. The van der Waals surface area contributed by atoms with Gasteiger partial charge in [0.2, 0.25) is 5.91 Å². The van der Waals surface area contributed by atoms with Crippen molar-refractivity contribution in [3.63, 3.8) is 0 Å². The molecule has 5 nitrogen and oxygen atoms in total. The minimum atomic E-state index is -0.0397. The van der Waals surface area contributed by atoms with Crippen LogP contribution in [0.15, 0.2) is 78.0 Å². The van der Waals surface area contributed by atoms with Crippen molar-refractivity contribution in [2.75, 3.05) is 11.1 Å². The Labute approximate surface area is 185 Å². The van der Waals surface area contributed by atoms with E-state index in [0.717, 1.165) is 40.4 Å². The molecule has 1 aromatic heterocycles. The average molecular weight is 429 g/mol. The van der Waals surface area contributed by atoms with Gasteiger partial charge in [0.1, 0.15) is 5.82 Å². The molecular formula is C25H24N4OS. The minimum absolute atomic E-state index is 0.0397. The molecule has 1 aliphatic carbocycles. The van der Waals surface area contributed by atoms with E-state index in [9.17, 15) is 4.79 Å². The lowest BCUT2D eigenvalue weighted by molar-refractivity contribution is -0.113. The van der Waals surface area contributed by atoms with E-state index in [4.69, 9.17) is 0 Å². The van der Waals surface area contributed by atoms with Crippen LogP contribution in [0, 0.1) is 0 Å². The molecule has 0 spiro atoms. The zero-order valence-electron chi connectivity index (χ0n) is 17.4. The summed E-state index contributed by atoms with van der Waals surface area (Å²) in [5.74, 6) is 2.22. The van der Waals surface area contributed by atoms with Gasteiger partial charge in [-0.3, -0.25) is 4.79 Å². The number of nitrogens with one attached hydrogen (secondary N) is 1. The molecule has 3 aromatic carbocycles. The van der Waals surface area contributed by atoms with Gasteiger partial charge in [0, 0.05) is 23.5 Å². The van der Waals surface area contributed by atoms with Crippen LogP contribution in [0.25, 0.3) is 10.8 Å². The first-order valence-corrected chi connectivity index (χ1v) is 11.6. The summed E-state index contributed by atoms with van der Waals surface area (Å²) in [5.41, 5.74) is 2.20. The molecule has 31 heavy (non-hydrogen) atoms. The van der Waals surface area contributed by atoms with Gasteiger partial charge < -0.3 is 9.88 Å². The van der Waals surface area contributed by atoms with Crippen molar-refractivity contribution in [2.45, 2.75) is 36.9 Å². The molecule has 0 radical (unpaired) electrons. The molecule has 2 unspecified atom stereocenters. The van der Waals surface area contributed by atoms with Crippen LogP contribution in [-0.2, 0) is 11.3 Å². The van der Waals surface area contributed by atoms with Crippen LogP contribution in [0.3, 0.4) is 0 Å². The number of aromatic nitrogens is 3. The van der Waals surface area contributed by atoms with Crippen LogP contribution in [0.5, 0.6) is 0 Å². The lowest BCUT2D eigenvalue weighted by Gasteiger charge is -2.09. The molecule has 1 aliphatic rings. The number of hydrogen-bond donors (Lipinski definition) is 1. The number of carbonyl (C=O) groups excluding carboxylic acids is 1. The maximum Gasteiger partial charge on any atom is 0.234 e. The number of nitrogens with zero attached hydrogens (tertiary/aromatic N) is 3. The first-order chi connectivity index (χ1) is 15.2. The Bertz CT molecular complexity index is 1220. The fourth-order valence-corrected chi connectivity index (χ4v) is 4.99. The molecule has 0 bridgehead atoms. The highest BCUT2D eigenvalue weighted by molar-refractivity contribution is 7.99. The summed E-state index contributed by atoms with van der Waals surface area (Å²) in [6.45, 7) is 2.90. The van der Waals surface area contributed by atoms with Gasteiger partial charge in [-0.25, -0.2) is 0 Å². The fourth-order valence-electron chi connectivity index (χ4n) is 4.18. The topological polar surface area (TPSA) is 59.8 Å². The predicted molar refractivity (Wildman–Crippen MR) is 126 cm³/mol. The monoisotopic (exact) mass is 428 g/mol. The van der Waals surface area contributed by atoms with Crippen molar-refractivity contribution in [1.82, 2.24) is 14.8 Å². The van der Waals surface area contributed by atoms with Gasteiger partial charge >= 0.3 is 0 Å². The van der Waals surface area contributed by atoms with E-state index in [1.54, 1.807) is 0 Å². The molecule has 156 valence electrons. The largest absolute Gasteiger partial charge is 0.325 e. The zero-order valence-corrected chi connectivity index (χ0v) is 18.2. The second kappa shape index (κ2) is 8.55. The number of anilines is 1. The van der Waals surface area contributed by atoms with Crippen molar-refractivity contribution >= 4 is 34.1 Å². The van der Waals surface area contributed by atoms with E-state index in [0.29, 0.717) is 17.6 Å². The number of benzene rings is 3. The number of fused-ring (bicyclic) bond motifs is 1. The maximum atomic E-state index is 12.6. The summed E-state index contributed by atoms with van der Waals surface area (Å²) in [7, 11) is 0. The standard InChI is InChI=1S/C25H24N4OS/c1-2-29-24(21-15-20(21)18-9-4-3-5-10-18)27-28-25(29)31-16-23(30)26-22-14-8-12-17-11-6-7-13-19(17)22/h3-14,20-21H,2,15-16H2,1H3,(H,26,30). The summed E-state index contributed by atoms with van der Waals surface area (Å²) in [5, 5.41) is 14.9. The van der Waals surface area contributed by atoms with Crippen LogP contribution in [0.1, 0.15) is 36.6 Å². The molecule has 1 fully saturated rings. The molecule has 1 saturated carbocycles. The Morgan fingerprint density at radius 1 is 1.00 bits per heavy atom. The third-order valence-corrected chi connectivity index (χ3v) is 6.77. The highest BCUT2D eigenvalue weighted by atomic mass is 32.2. The van der Waals surface area contributed by atoms with Crippen LogP contribution in [0.2, 0.25) is 0 Å². The molecule has 4 aromatic rings. The van der Waals surface area contributed by atoms with Gasteiger partial charge in [0.15, 0.2) is 5.16 Å². The SMILES string of the molecule is CCn1c(SCC(=O)Nc2cccc3ccccc23)nnc1C1CC1c1ccccc1. The number of thioether (sulfide) groups is 1. The maximum absolute atomic E-state index is 12.6. The molecule has 0 saturated heterocycles. The van der Waals surface area contributed by atoms with Crippen molar-refractivity contribution in [3.8, 4) is 0 Å². The predicted octanol–water partition coefficient (Wildman–Crippen LogP) is 5.45. The quantitative estimate of drug-likeness (QED) is 0.398. The van der Waals surface area contributed by atoms with Gasteiger partial charge in [0.05, 0.1) is 5.75 Å². The summed E-state index contributed by atoms with van der Waals surface area (Å²) >= 11 is 1.44. The third kappa shape index (κ3) is 4.08. The van der Waals surface area contributed by atoms with E-state index in [2.05, 4.69) is 51.3 Å². The van der Waals surface area contributed by atoms with Crippen LogP contribution < -0.4 is 5.32 Å². The smallest absolute Gasteiger partial charge is 0.234 e. The Morgan fingerprint density at radius 3 is 2.61 bits per heavy atom. The van der Waals surface area contributed by atoms with Gasteiger partial charge in [-0.05, 0) is 36.3 Å². The summed E-state index contributed by atoms with van der Waals surface area (Å²) < 4.78 is 2.16. The molecular weight excluding hydrogens is 404 g/mol. The first kappa shape index (κ1) is 19.8. The molecule has 1 amide bonds. The summed E-state index contributed by atoms with van der Waals surface area (Å²) in [4.78, 5) is 12.6. The highest BCUT2D eigenvalue weighted by Crippen LogP contribution is 2.54. The summed E-state index contributed by atoms with van der Waals surface area (Å²) in [6.07, 6.45) is 1.11. The fraction of sp³-hybridized carbons (Fsp3) is 0.240. The van der Waals surface area contributed by atoms with E-state index in [1.165, 1.54) is 17.3 Å². The van der Waals surface area contributed by atoms with Gasteiger partial charge in [-0.15, -0.1) is 10.2 Å². The minimum Gasteiger partial charge on any atom is -0.325 e. The van der Waals surface area contributed by atoms with E-state index >= 15 is 0 Å². The first-order valence-electron chi connectivity index (χ1n) is 10.6. The third-order valence-electron chi connectivity index (χ3n) is 5.81. The van der Waals surface area contributed by atoms with Crippen LogP contribution >= 0.6 is 11.8 Å². The zero-order chi connectivity index (χ0) is 21.2. The molecule has 5 rings (SSSR count). The van der Waals surface area contributed by atoms with Crippen molar-refractivity contribution in [2.24, 2.45) is 0 Å². The van der Waals surface area contributed by atoms with Crippen LogP contribution in [-0.4, -0.2) is 26.4 Å². The van der Waals surface area contributed by atoms with Gasteiger partial charge in [0.25, 0.3) is 0 Å². The molecule has 1 N–H and O–H groups in total. The summed E-state index contributed by atoms with van der Waals surface area (Å²) in [6, 6.07) is 24.6. The Kier molecular flexibility index (Phi) is 5.47. The number of rotatable bonds is 7. The average Bonchev–Trinajstić information content (AvgIpc) is 3.50. The highest BCUT2D eigenvalue weighted by Gasteiger charge is 2.43. The van der Waals surface area contributed by atoms with E-state index < -0.39 is 0 Å². The van der Waals surface area contributed by atoms with Gasteiger partial charge in [-0.2, -0.15) is 0 Å². The molecule has 1 heterocycles. The van der Waals surface area contributed by atoms with E-state index in [-0.39, 0.29) is 5.91 Å². The van der Waals surface area contributed by atoms with E-state index in [1.807, 2.05) is 48.5 Å². The number of hydrogen-bond acceptors (Lipinski definition) is 4. The van der Waals surface area contributed by atoms with Crippen molar-refractivity contribution in [3.05, 3.63) is 84.2 Å². The second-order valence-corrected chi connectivity index (χ2v) is 8.75. The molecule has 2 atom stereocenters. The molecule has 6 heteroatoms. The van der Waals surface area contributed by atoms with Crippen molar-refractivity contribution in [1.29, 1.82) is 0 Å². The Hall–Kier alpha value is -3.12. The van der Waals surface area contributed by atoms with Crippen LogP contribution in [0.4, 0.5) is 5.69 Å². The Balaban J connectivity index is 1.25. The number of amides is 1. The van der Waals surface area contributed by atoms with Gasteiger partial charge in [-0.1, -0.05) is 78.5 Å². The lowest BCUT2D eigenvalue weighted by atomic mass is 10.1.